The first-order valence-electron chi connectivity index (χ1n) is 7.35. The Bertz CT molecular complexity index is 1030. The van der Waals surface area contributed by atoms with Crippen molar-refractivity contribution in [2.45, 2.75) is 6.92 Å². The van der Waals surface area contributed by atoms with E-state index in [4.69, 9.17) is 4.42 Å². The van der Waals surface area contributed by atoms with Gasteiger partial charge in [-0.1, -0.05) is 0 Å². The van der Waals surface area contributed by atoms with E-state index in [0.717, 1.165) is 0 Å². The molecule has 0 radical (unpaired) electrons. The molecule has 25 heavy (non-hydrogen) atoms. The van der Waals surface area contributed by atoms with Crippen molar-refractivity contribution in [3.05, 3.63) is 70.3 Å². The van der Waals surface area contributed by atoms with Crippen LogP contribution in [0.4, 0.5) is 15.8 Å². The second-order valence-corrected chi connectivity index (χ2v) is 5.34. The predicted molar refractivity (Wildman–Crippen MR) is 91.1 cm³/mol. The van der Waals surface area contributed by atoms with Crippen LogP contribution in [0.25, 0.3) is 11.0 Å². The largest absolute Gasteiger partial charge is 0.421 e. The number of hydrogen-bond acceptors (Lipinski definition) is 4. The number of fused-ring (bicyclic) bond motifs is 1. The molecular formula is C18H13FN2O4. The van der Waals surface area contributed by atoms with Crippen molar-refractivity contribution in [2.24, 2.45) is 0 Å². The van der Waals surface area contributed by atoms with Crippen molar-refractivity contribution in [3.8, 4) is 0 Å². The summed E-state index contributed by atoms with van der Waals surface area (Å²) in [5, 5.41) is 5.59. The first kappa shape index (κ1) is 16.4. The summed E-state index contributed by atoms with van der Waals surface area (Å²) in [5.41, 5.74) is 0.441. The fourth-order valence-electron chi connectivity index (χ4n) is 2.28. The zero-order valence-corrected chi connectivity index (χ0v) is 13.1. The van der Waals surface area contributed by atoms with E-state index in [-0.39, 0.29) is 5.69 Å². The molecule has 0 saturated heterocycles. The highest BCUT2D eigenvalue weighted by atomic mass is 19.1. The molecule has 0 aliphatic rings. The molecule has 126 valence electrons. The quantitative estimate of drug-likeness (QED) is 0.717. The molecule has 6 nitrogen and oxygen atoms in total. The number of carbonyl (C=O) groups excluding carboxylic acids is 2. The van der Waals surface area contributed by atoms with Crippen LogP contribution in [0.3, 0.4) is 0 Å². The van der Waals surface area contributed by atoms with Crippen molar-refractivity contribution in [2.75, 3.05) is 10.6 Å². The van der Waals surface area contributed by atoms with Gasteiger partial charge in [-0.25, -0.2) is 9.18 Å². The molecule has 0 fully saturated rings. The lowest BCUT2D eigenvalue weighted by Crippen LogP contribution is -2.14. The number of amides is 2. The average Bonchev–Trinajstić information content (AvgIpc) is 2.56. The van der Waals surface area contributed by atoms with Crippen LogP contribution in [0, 0.1) is 5.82 Å². The molecule has 7 heteroatoms. The van der Waals surface area contributed by atoms with Crippen molar-refractivity contribution in [3.63, 3.8) is 0 Å². The fourth-order valence-corrected chi connectivity index (χ4v) is 2.28. The number of nitrogens with one attached hydrogen (secondary N) is 2. The van der Waals surface area contributed by atoms with Crippen LogP contribution in [-0.2, 0) is 4.79 Å². The van der Waals surface area contributed by atoms with Crippen molar-refractivity contribution in [1.82, 2.24) is 0 Å². The van der Waals surface area contributed by atoms with Gasteiger partial charge in [-0.05, 0) is 48.5 Å². The Hall–Kier alpha value is -3.48. The third-order valence-electron chi connectivity index (χ3n) is 3.41. The van der Waals surface area contributed by atoms with Crippen LogP contribution in [0.2, 0.25) is 0 Å². The Morgan fingerprint density at radius 1 is 1.00 bits per heavy atom. The maximum absolute atomic E-state index is 12.9. The summed E-state index contributed by atoms with van der Waals surface area (Å²) >= 11 is 0. The zero-order chi connectivity index (χ0) is 18.0. The average molecular weight is 340 g/mol. The van der Waals surface area contributed by atoms with Crippen LogP contribution in [0.5, 0.6) is 0 Å². The fraction of sp³-hybridized carbons (Fsp3) is 0.0556. The molecule has 1 heterocycles. The lowest BCUT2D eigenvalue weighted by Gasteiger charge is -2.07. The molecule has 0 unspecified atom stereocenters. The second kappa shape index (κ2) is 6.56. The highest BCUT2D eigenvalue weighted by Gasteiger charge is 2.10. The van der Waals surface area contributed by atoms with E-state index in [1.807, 2.05) is 0 Å². The maximum Gasteiger partial charge on any atom is 0.360 e. The Morgan fingerprint density at radius 3 is 2.40 bits per heavy atom. The molecule has 0 aliphatic carbocycles. The summed E-state index contributed by atoms with van der Waals surface area (Å²) in [6.45, 7) is 1.28. The van der Waals surface area contributed by atoms with E-state index in [0.29, 0.717) is 22.2 Å². The normalized spacial score (nSPS) is 10.5. The predicted octanol–water partition coefficient (Wildman–Crippen LogP) is 3.14. The molecule has 0 saturated carbocycles. The molecule has 3 rings (SSSR count). The van der Waals surface area contributed by atoms with Gasteiger partial charge >= 0.3 is 5.63 Å². The van der Waals surface area contributed by atoms with Gasteiger partial charge in [0.05, 0.1) is 0 Å². The standard InChI is InChI=1S/C18H13FN2O4/c1-10(22)20-15-9-12-8-14(6-7-16(12)25-18(15)24)21-17(23)11-2-4-13(19)5-3-11/h2-9H,1H3,(H,20,22)(H,21,23). The topological polar surface area (TPSA) is 88.4 Å². The third-order valence-corrected chi connectivity index (χ3v) is 3.41. The van der Waals surface area contributed by atoms with E-state index in [1.54, 1.807) is 12.1 Å². The number of carbonyl (C=O) groups is 2. The summed E-state index contributed by atoms with van der Waals surface area (Å²) in [4.78, 5) is 35.0. The first-order chi connectivity index (χ1) is 11.9. The van der Waals surface area contributed by atoms with Gasteiger partial charge in [0.1, 0.15) is 17.1 Å². The van der Waals surface area contributed by atoms with E-state index in [2.05, 4.69) is 10.6 Å². The first-order valence-corrected chi connectivity index (χ1v) is 7.35. The SMILES string of the molecule is CC(=O)Nc1cc2cc(NC(=O)c3ccc(F)cc3)ccc2oc1=O. The molecule has 2 amide bonds. The minimum Gasteiger partial charge on any atom is -0.421 e. The lowest BCUT2D eigenvalue weighted by atomic mass is 10.1. The van der Waals surface area contributed by atoms with Gasteiger partial charge in [-0.15, -0.1) is 0 Å². The number of benzene rings is 2. The monoisotopic (exact) mass is 340 g/mol. The minimum absolute atomic E-state index is 0.0158. The minimum atomic E-state index is -0.661. The Kier molecular flexibility index (Phi) is 4.30. The van der Waals surface area contributed by atoms with Gasteiger partial charge in [-0.2, -0.15) is 0 Å². The molecule has 2 aromatic carbocycles. The smallest absolute Gasteiger partial charge is 0.360 e. The van der Waals surface area contributed by atoms with Crippen LogP contribution < -0.4 is 16.3 Å². The summed E-state index contributed by atoms with van der Waals surface area (Å²) < 4.78 is 18.0. The van der Waals surface area contributed by atoms with Gasteiger partial charge < -0.3 is 15.1 Å². The van der Waals surface area contributed by atoms with Gasteiger partial charge in [-0.3, -0.25) is 9.59 Å². The number of hydrogen-bond donors (Lipinski definition) is 2. The summed E-state index contributed by atoms with van der Waals surface area (Å²) in [5.74, 6) is -1.23. The Balaban J connectivity index is 1.90. The molecule has 1 aromatic heterocycles. The van der Waals surface area contributed by atoms with Crippen LogP contribution in [-0.4, -0.2) is 11.8 Å². The van der Waals surface area contributed by atoms with E-state index >= 15 is 0 Å². The number of halogens is 1. The second-order valence-electron chi connectivity index (χ2n) is 5.34. The molecular weight excluding hydrogens is 327 g/mol. The summed E-state index contributed by atoms with van der Waals surface area (Å²) in [6.07, 6.45) is 0. The molecule has 2 N–H and O–H groups in total. The molecule has 3 aromatic rings. The van der Waals surface area contributed by atoms with E-state index < -0.39 is 23.3 Å². The van der Waals surface area contributed by atoms with Gasteiger partial charge in [0.15, 0.2) is 0 Å². The van der Waals surface area contributed by atoms with Crippen molar-refractivity contribution >= 4 is 34.2 Å². The highest BCUT2D eigenvalue weighted by molar-refractivity contribution is 6.05. The number of anilines is 2. The van der Waals surface area contributed by atoms with Crippen LogP contribution >= 0.6 is 0 Å². The van der Waals surface area contributed by atoms with Crippen LogP contribution in [0.1, 0.15) is 17.3 Å². The summed E-state index contributed by atoms with van der Waals surface area (Å²) in [7, 11) is 0. The Labute approximate surface area is 141 Å². The van der Waals surface area contributed by atoms with Crippen molar-refractivity contribution in [1.29, 1.82) is 0 Å². The highest BCUT2D eigenvalue weighted by Crippen LogP contribution is 2.21. The molecule has 0 atom stereocenters. The Morgan fingerprint density at radius 2 is 1.72 bits per heavy atom. The van der Waals surface area contributed by atoms with Gasteiger partial charge in [0, 0.05) is 23.6 Å². The van der Waals surface area contributed by atoms with E-state index in [1.165, 1.54) is 43.3 Å². The third kappa shape index (κ3) is 3.72. The molecule has 0 bridgehead atoms. The summed E-state index contributed by atoms with van der Waals surface area (Å²) in [6, 6.07) is 11.3. The van der Waals surface area contributed by atoms with Gasteiger partial charge in [0.2, 0.25) is 5.91 Å². The van der Waals surface area contributed by atoms with E-state index in [9.17, 15) is 18.8 Å². The number of rotatable bonds is 3. The zero-order valence-electron chi connectivity index (χ0n) is 13.1. The maximum atomic E-state index is 12.9. The van der Waals surface area contributed by atoms with Crippen LogP contribution in [0.15, 0.2) is 57.7 Å². The molecule has 0 aliphatic heterocycles. The molecule has 0 spiro atoms. The van der Waals surface area contributed by atoms with Crippen molar-refractivity contribution < 1.29 is 18.4 Å². The lowest BCUT2D eigenvalue weighted by molar-refractivity contribution is -0.114. The van der Waals surface area contributed by atoms with Gasteiger partial charge in [0.25, 0.3) is 5.91 Å².